The lowest BCUT2D eigenvalue weighted by Gasteiger charge is -2.18. The van der Waals surface area contributed by atoms with Crippen molar-refractivity contribution in [2.75, 3.05) is 6.61 Å². The van der Waals surface area contributed by atoms with Crippen LogP contribution in [0.1, 0.15) is 32.8 Å². The molecule has 1 aromatic carbocycles. The van der Waals surface area contributed by atoms with E-state index in [0.29, 0.717) is 17.4 Å². The minimum absolute atomic E-state index is 0.00198. The maximum Gasteiger partial charge on any atom is 0.137 e. The SMILES string of the molecule is CC(C)(C)CCOc1ccc(CO)cc1Cl. The van der Waals surface area contributed by atoms with Gasteiger partial charge in [0.1, 0.15) is 5.75 Å². The number of aliphatic hydroxyl groups is 1. The third kappa shape index (κ3) is 4.42. The van der Waals surface area contributed by atoms with Gasteiger partial charge in [0.15, 0.2) is 0 Å². The molecule has 0 heterocycles. The largest absolute Gasteiger partial charge is 0.492 e. The second-order valence-electron chi connectivity index (χ2n) is 5.08. The van der Waals surface area contributed by atoms with Crippen LogP contribution in [0.25, 0.3) is 0 Å². The Labute approximate surface area is 102 Å². The van der Waals surface area contributed by atoms with Crippen molar-refractivity contribution in [2.45, 2.75) is 33.8 Å². The van der Waals surface area contributed by atoms with Crippen LogP contribution in [0.3, 0.4) is 0 Å². The summed E-state index contributed by atoms with van der Waals surface area (Å²) in [5.41, 5.74) is 1.06. The van der Waals surface area contributed by atoms with Gasteiger partial charge in [0, 0.05) is 0 Å². The van der Waals surface area contributed by atoms with Crippen LogP contribution in [0, 0.1) is 5.41 Å². The van der Waals surface area contributed by atoms with Gasteiger partial charge < -0.3 is 9.84 Å². The number of hydrogen-bond acceptors (Lipinski definition) is 2. The number of halogens is 1. The number of aliphatic hydroxyl groups excluding tert-OH is 1. The smallest absolute Gasteiger partial charge is 0.137 e. The van der Waals surface area contributed by atoms with Crippen LogP contribution in [-0.4, -0.2) is 11.7 Å². The quantitative estimate of drug-likeness (QED) is 0.874. The molecule has 16 heavy (non-hydrogen) atoms. The summed E-state index contributed by atoms with van der Waals surface area (Å²) in [6, 6.07) is 5.35. The highest BCUT2D eigenvalue weighted by atomic mass is 35.5. The highest BCUT2D eigenvalue weighted by Crippen LogP contribution is 2.27. The fourth-order valence-electron chi connectivity index (χ4n) is 1.23. The summed E-state index contributed by atoms with van der Waals surface area (Å²) >= 11 is 6.02. The van der Waals surface area contributed by atoms with E-state index in [1.165, 1.54) is 0 Å². The van der Waals surface area contributed by atoms with Gasteiger partial charge in [0.05, 0.1) is 18.2 Å². The van der Waals surface area contributed by atoms with Crippen LogP contribution in [-0.2, 0) is 6.61 Å². The Kier molecular flexibility index (Phi) is 4.63. The Morgan fingerprint density at radius 3 is 2.50 bits per heavy atom. The monoisotopic (exact) mass is 242 g/mol. The van der Waals surface area contributed by atoms with Crippen LogP contribution in [0.2, 0.25) is 5.02 Å². The van der Waals surface area contributed by atoms with E-state index in [4.69, 9.17) is 21.4 Å². The van der Waals surface area contributed by atoms with E-state index in [2.05, 4.69) is 20.8 Å². The Morgan fingerprint density at radius 2 is 2.00 bits per heavy atom. The molecule has 0 bridgehead atoms. The maximum atomic E-state index is 8.94. The van der Waals surface area contributed by atoms with Crippen molar-refractivity contribution in [2.24, 2.45) is 5.41 Å². The Bertz CT molecular complexity index is 342. The fraction of sp³-hybridized carbons (Fsp3) is 0.538. The van der Waals surface area contributed by atoms with Crippen molar-refractivity contribution in [3.8, 4) is 5.75 Å². The first-order valence-corrected chi connectivity index (χ1v) is 5.82. The van der Waals surface area contributed by atoms with Gasteiger partial charge in [-0.1, -0.05) is 38.4 Å². The maximum absolute atomic E-state index is 8.94. The van der Waals surface area contributed by atoms with E-state index in [0.717, 1.165) is 12.0 Å². The van der Waals surface area contributed by atoms with E-state index in [1.807, 2.05) is 6.07 Å². The molecule has 0 aliphatic rings. The molecule has 0 aromatic heterocycles. The third-order valence-corrected chi connectivity index (χ3v) is 2.58. The summed E-state index contributed by atoms with van der Waals surface area (Å²) in [7, 11) is 0. The average Bonchev–Trinajstić information content (AvgIpc) is 2.18. The number of rotatable bonds is 4. The number of ether oxygens (including phenoxy) is 1. The molecule has 1 rings (SSSR count). The van der Waals surface area contributed by atoms with Crippen LogP contribution in [0.4, 0.5) is 0 Å². The first-order chi connectivity index (χ1) is 7.42. The van der Waals surface area contributed by atoms with Gasteiger partial charge in [-0.2, -0.15) is 0 Å². The predicted octanol–water partition coefficient (Wildman–Crippen LogP) is 3.65. The minimum atomic E-state index is 0.00198. The fourth-order valence-corrected chi connectivity index (χ4v) is 1.48. The standard InChI is InChI=1S/C13H19ClO2/c1-13(2,3)6-7-16-12-5-4-10(9-15)8-11(12)14/h4-5,8,15H,6-7,9H2,1-3H3. The molecule has 1 aromatic rings. The topological polar surface area (TPSA) is 29.5 Å². The Balaban J connectivity index is 2.55. The van der Waals surface area contributed by atoms with E-state index in [9.17, 15) is 0 Å². The van der Waals surface area contributed by atoms with Gasteiger partial charge in [-0.15, -0.1) is 0 Å². The summed E-state index contributed by atoms with van der Waals surface area (Å²) in [6.07, 6.45) is 0.977. The predicted molar refractivity (Wildman–Crippen MR) is 66.9 cm³/mol. The zero-order chi connectivity index (χ0) is 12.2. The summed E-state index contributed by atoms with van der Waals surface area (Å²) in [4.78, 5) is 0. The number of benzene rings is 1. The highest BCUT2D eigenvalue weighted by Gasteiger charge is 2.10. The second-order valence-corrected chi connectivity index (χ2v) is 5.49. The molecule has 2 nitrogen and oxygen atoms in total. The van der Waals surface area contributed by atoms with Crippen molar-refractivity contribution >= 4 is 11.6 Å². The Hall–Kier alpha value is -0.730. The minimum Gasteiger partial charge on any atom is -0.492 e. The van der Waals surface area contributed by atoms with Crippen LogP contribution in [0.5, 0.6) is 5.75 Å². The van der Waals surface area contributed by atoms with Crippen molar-refractivity contribution in [1.29, 1.82) is 0 Å². The molecule has 0 radical (unpaired) electrons. The van der Waals surface area contributed by atoms with Gasteiger partial charge in [-0.25, -0.2) is 0 Å². The second kappa shape index (κ2) is 5.55. The van der Waals surface area contributed by atoms with Crippen LogP contribution < -0.4 is 4.74 Å². The zero-order valence-corrected chi connectivity index (χ0v) is 10.8. The molecule has 0 fully saturated rings. The average molecular weight is 243 g/mol. The normalized spacial score (nSPS) is 11.6. The van der Waals surface area contributed by atoms with Crippen molar-refractivity contribution < 1.29 is 9.84 Å². The van der Waals surface area contributed by atoms with E-state index in [1.54, 1.807) is 12.1 Å². The first-order valence-electron chi connectivity index (χ1n) is 5.44. The first kappa shape index (κ1) is 13.3. The van der Waals surface area contributed by atoms with Gasteiger partial charge in [-0.05, 0) is 29.5 Å². The molecular weight excluding hydrogens is 224 g/mol. The lowest BCUT2D eigenvalue weighted by Crippen LogP contribution is -2.11. The molecule has 0 saturated heterocycles. The highest BCUT2D eigenvalue weighted by molar-refractivity contribution is 6.32. The molecule has 1 N–H and O–H groups in total. The summed E-state index contributed by atoms with van der Waals surface area (Å²) in [6.45, 7) is 7.18. The van der Waals surface area contributed by atoms with E-state index >= 15 is 0 Å². The van der Waals surface area contributed by atoms with Gasteiger partial charge >= 0.3 is 0 Å². The van der Waals surface area contributed by atoms with Gasteiger partial charge in [0.2, 0.25) is 0 Å². The van der Waals surface area contributed by atoms with Crippen molar-refractivity contribution in [1.82, 2.24) is 0 Å². The lowest BCUT2D eigenvalue weighted by atomic mass is 9.93. The van der Waals surface area contributed by atoms with Gasteiger partial charge in [-0.3, -0.25) is 0 Å². The van der Waals surface area contributed by atoms with E-state index in [-0.39, 0.29) is 12.0 Å². The van der Waals surface area contributed by atoms with Gasteiger partial charge in [0.25, 0.3) is 0 Å². The molecule has 3 heteroatoms. The molecule has 90 valence electrons. The molecule has 0 unspecified atom stereocenters. The molecule has 0 spiro atoms. The van der Waals surface area contributed by atoms with Crippen LogP contribution in [0.15, 0.2) is 18.2 Å². The summed E-state index contributed by atoms with van der Waals surface area (Å²) in [5, 5.41) is 9.49. The molecule has 0 saturated carbocycles. The molecule has 0 atom stereocenters. The summed E-state index contributed by atoms with van der Waals surface area (Å²) in [5.74, 6) is 0.683. The summed E-state index contributed by atoms with van der Waals surface area (Å²) < 4.78 is 5.60. The van der Waals surface area contributed by atoms with Crippen LogP contribution >= 0.6 is 11.6 Å². The molecule has 0 aliphatic carbocycles. The molecular formula is C13H19ClO2. The Morgan fingerprint density at radius 1 is 1.31 bits per heavy atom. The lowest BCUT2D eigenvalue weighted by molar-refractivity contribution is 0.243. The van der Waals surface area contributed by atoms with Crippen molar-refractivity contribution in [3.63, 3.8) is 0 Å². The third-order valence-electron chi connectivity index (χ3n) is 2.29. The van der Waals surface area contributed by atoms with Crippen molar-refractivity contribution in [3.05, 3.63) is 28.8 Å². The zero-order valence-electron chi connectivity index (χ0n) is 10.1. The molecule has 0 aliphatic heterocycles. The van der Waals surface area contributed by atoms with E-state index < -0.39 is 0 Å². The molecule has 0 amide bonds. The number of hydrogen-bond donors (Lipinski definition) is 1.